The van der Waals surface area contributed by atoms with Gasteiger partial charge in [0, 0.05) is 64.4 Å². The van der Waals surface area contributed by atoms with E-state index < -0.39 is 0 Å². The largest absolute Gasteiger partial charge is 0.493 e. The van der Waals surface area contributed by atoms with Gasteiger partial charge in [-0.1, -0.05) is 6.07 Å². The summed E-state index contributed by atoms with van der Waals surface area (Å²) in [4.78, 5) is 20.1. The van der Waals surface area contributed by atoms with E-state index in [0.29, 0.717) is 37.8 Å². The maximum Gasteiger partial charge on any atom is 0.252 e. The molecule has 1 heterocycles. The third-order valence-electron chi connectivity index (χ3n) is 3.71. The van der Waals surface area contributed by atoms with Gasteiger partial charge in [0.1, 0.15) is 5.75 Å². The first kappa shape index (κ1) is 21.2. The highest BCUT2D eigenvalue weighted by molar-refractivity contribution is 5.94. The van der Waals surface area contributed by atoms with Crippen molar-refractivity contribution in [2.75, 3.05) is 45.8 Å². The van der Waals surface area contributed by atoms with Crippen LogP contribution in [-0.2, 0) is 4.74 Å². The van der Waals surface area contributed by atoms with Crippen LogP contribution in [0.5, 0.6) is 5.75 Å². The van der Waals surface area contributed by atoms with Crippen LogP contribution in [-0.4, -0.2) is 57.3 Å². The summed E-state index contributed by atoms with van der Waals surface area (Å²) in [6.07, 6.45) is 4.00. The zero-order chi connectivity index (χ0) is 20.0. The third-order valence-corrected chi connectivity index (χ3v) is 3.71. The van der Waals surface area contributed by atoms with E-state index in [1.165, 1.54) is 6.20 Å². The van der Waals surface area contributed by atoms with Crippen LogP contribution in [0.25, 0.3) is 0 Å². The Morgan fingerprint density at radius 2 is 2.00 bits per heavy atom. The number of benzene rings is 1. The molecule has 0 radical (unpaired) electrons. The molecule has 2 aromatic rings. The molecule has 8 nitrogen and oxygen atoms in total. The van der Waals surface area contributed by atoms with Crippen LogP contribution >= 0.6 is 0 Å². The fourth-order valence-corrected chi connectivity index (χ4v) is 2.33. The number of ether oxygens (including phenoxy) is 2. The number of pyridine rings is 1. The van der Waals surface area contributed by atoms with E-state index >= 15 is 0 Å². The Hall–Kier alpha value is -3.13. The lowest BCUT2D eigenvalue weighted by molar-refractivity contribution is 0.0954. The van der Waals surface area contributed by atoms with E-state index in [0.717, 1.165) is 17.9 Å². The Labute approximate surface area is 165 Å². The van der Waals surface area contributed by atoms with E-state index in [9.17, 15) is 4.79 Å². The van der Waals surface area contributed by atoms with Gasteiger partial charge in [0.25, 0.3) is 5.91 Å². The van der Waals surface area contributed by atoms with Crippen LogP contribution in [0.1, 0.15) is 16.8 Å². The third kappa shape index (κ3) is 7.63. The van der Waals surface area contributed by atoms with E-state index in [2.05, 4.69) is 25.9 Å². The number of methoxy groups -OCH3 is 1. The van der Waals surface area contributed by atoms with Crippen molar-refractivity contribution in [3.05, 3.63) is 54.4 Å². The summed E-state index contributed by atoms with van der Waals surface area (Å²) in [6, 6.07) is 11.1. The number of guanidine groups is 1. The first-order chi connectivity index (χ1) is 13.7. The summed E-state index contributed by atoms with van der Waals surface area (Å²) < 4.78 is 10.7. The van der Waals surface area contributed by atoms with Crippen LogP contribution in [0.4, 0.5) is 5.69 Å². The summed E-state index contributed by atoms with van der Waals surface area (Å²) in [7, 11) is 3.36. The van der Waals surface area contributed by atoms with Gasteiger partial charge in [-0.2, -0.15) is 0 Å². The van der Waals surface area contributed by atoms with Crippen molar-refractivity contribution in [2.45, 2.75) is 6.42 Å². The maximum atomic E-state index is 12.0. The number of carbonyl (C=O) groups excluding carboxylic acids is 1. The number of amides is 1. The molecule has 0 unspecified atom stereocenters. The molecule has 1 aromatic carbocycles. The molecule has 28 heavy (non-hydrogen) atoms. The Bertz CT molecular complexity index is 753. The lowest BCUT2D eigenvalue weighted by Gasteiger charge is -2.13. The number of hydrogen-bond acceptors (Lipinski definition) is 5. The molecule has 0 aliphatic carbocycles. The number of anilines is 1. The number of rotatable bonds is 10. The molecule has 8 heteroatoms. The predicted octanol–water partition coefficient (Wildman–Crippen LogP) is 1.91. The van der Waals surface area contributed by atoms with Crippen molar-refractivity contribution in [2.24, 2.45) is 4.99 Å². The summed E-state index contributed by atoms with van der Waals surface area (Å²) in [6.45, 7) is 2.25. The zero-order valence-corrected chi connectivity index (χ0v) is 16.3. The molecule has 0 aliphatic rings. The molecule has 1 amide bonds. The standard InChI is InChI=1S/C20H27N5O3/c1-21-20(24-11-10-23-19(26)16-6-4-9-22-15-16)25-17-7-3-8-18(14-17)28-13-5-12-27-2/h3-4,6-9,14-15H,5,10-13H2,1-2H3,(H,23,26)(H2,21,24,25). The van der Waals surface area contributed by atoms with Crippen molar-refractivity contribution in [3.63, 3.8) is 0 Å². The minimum Gasteiger partial charge on any atom is -0.493 e. The number of nitrogens with zero attached hydrogens (tertiary/aromatic N) is 2. The van der Waals surface area contributed by atoms with E-state index in [1.54, 1.807) is 32.5 Å². The number of aromatic nitrogens is 1. The summed E-state index contributed by atoms with van der Waals surface area (Å²) in [5.74, 6) is 1.23. The van der Waals surface area contributed by atoms with Gasteiger partial charge in [0.2, 0.25) is 0 Å². The molecule has 2 rings (SSSR count). The molecule has 0 saturated carbocycles. The van der Waals surface area contributed by atoms with Gasteiger partial charge < -0.3 is 25.4 Å². The fourth-order valence-electron chi connectivity index (χ4n) is 2.33. The van der Waals surface area contributed by atoms with Gasteiger partial charge >= 0.3 is 0 Å². The van der Waals surface area contributed by atoms with Crippen LogP contribution < -0.4 is 20.7 Å². The Kier molecular flexibility index (Phi) is 9.30. The SMILES string of the molecule is CN=C(NCCNC(=O)c1cccnc1)Nc1cccc(OCCCOC)c1. The molecule has 0 spiro atoms. The molecule has 0 atom stereocenters. The predicted molar refractivity (Wildman–Crippen MR) is 110 cm³/mol. The average molecular weight is 385 g/mol. The van der Waals surface area contributed by atoms with Gasteiger partial charge in [-0.15, -0.1) is 0 Å². The van der Waals surface area contributed by atoms with E-state index in [4.69, 9.17) is 9.47 Å². The normalized spacial score (nSPS) is 11.0. The lowest BCUT2D eigenvalue weighted by atomic mass is 10.3. The Balaban J connectivity index is 1.74. The van der Waals surface area contributed by atoms with Gasteiger partial charge in [-0.3, -0.25) is 14.8 Å². The molecule has 0 saturated heterocycles. The topological polar surface area (TPSA) is 96.9 Å². The summed E-state index contributed by atoms with van der Waals surface area (Å²) in [5, 5.41) is 9.19. The first-order valence-electron chi connectivity index (χ1n) is 9.10. The number of nitrogens with one attached hydrogen (secondary N) is 3. The van der Waals surface area contributed by atoms with Crippen molar-refractivity contribution >= 4 is 17.6 Å². The van der Waals surface area contributed by atoms with Crippen LogP contribution in [0.3, 0.4) is 0 Å². The maximum absolute atomic E-state index is 12.0. The Morgan fingerprint density at radius 1 is 1.14 bits per heavy atom. The number of aliphatic imine (C=N–C) groups is 1. The first-order valence-corrected chi connectivity index (χ1v) is 9.10. The molecular weight excluding hydrogens is 358 g/mol. The molecular formula is C20H27N5O3. The monoisotopic (exact) mass is 385 g/mol. The van der Waals surface area contributed by atoms with Crippen molar-refractivity contribution < 1.29 is 14.3 Å². The second-order valence-corrected chi connectivity index (χ2v) is 5.84. The van der Waals surface area contributed by atoms with Crippen molar-refractivity contribution in [3.8, 4) is 5.75 Å². The highest BCUT2D eigenvalue weighted by Crippen LogP contribution is 2.17. The zero-order valence-electron chi connectivity index (χ0n) is 16.3. The molecule has 150 valence electrons. The molecule has 0 bridgehead atoms. The van der Waals surface area contributed by atoms with Gasteiger partial charge in [-0.05, 0) is 24.3 Å². The molecule has 1 aromatic heterocycles. The summed E-state index contributed by atoms with van der Waals surface area (Å²) >= 11 is 0. The second-order valence-electron chi connectivity index (χ2n) is 5.84. The number of carbonyl (C=O) groups is 1. The van der Waals surface area contributed by atoms with Crippen molar-refractivity contribution in [1.29, 1.82) is 0 Å². The van der Waals surface area contributed by atoms with Gasteiger partial charge in [0.15, 0.2) is 5.96 Å². The summed E-state index contributed by atoms with van der Waals surface area (Å²) in [5.41, 5.74) is 1.39. The average Bonchev–Trinajstić information content (AvgIpc) is 2.74. The molecule has 0 aliphatic heterocycles. The quantitative estimate of drug-likeness (QED) is 0.328. The fraction of sp³-hybridized carbons (Fsp3) is 0.350. The Morgan fingerprint density at radius 3 is 2.75 bits per heavy atom. The molecule has 0 fully saturated rings. The number of hydrogen-bond donors (Lipinski definition) is 3. The van der Waals surface area contributed by atoms with Crippen LogP contribution in [0, 0.1) is 0 Å². The lowest BCUT2D eigenvalue weighted by Crippen LogP contribution is -2.37. The highest BCUT2D eigenvalue weighted by atomic mass is 16.5. The molecule has 3 N–H and O–H groups in total. The van der Waals surface area contributed by atoms with E-state index in [1.807, 2.05) is 24.3 Å². The van der Waals surface area contributed by atoms with Gasteiger partial charge in [-0.25, -0.2) is 0 Å². The minimum atomic E-state index is -0.156. The van der Waals surface area contributed by atoms with E-state index in [-0.39, 0.29) is 5.91 Å². The van der Waals surface area contributed by atoms with Crippen molar-refractivity contribution in [1.82, 2.24) is 15.6 Å². The van der Waals surface area contributed by atoms with Crippen LogP contribution in [0.15, 0.2) is 53.8 Å². The van der Waals surface area contributed by atoms with Gasteiger partial charge in [0.05, 0.1) is 12.2 Å². The minimum absolute atomic E-state index is 0.156. The highest BCUT2D eigenvalue weighted by Gasteiger charge is 2.05. The smallest absolute Gasteiger partial charge is 0.252 e. The van der Waals surface area contributed by atoms with Crippen LogP contribution in [0.2, 0.25) is 0 Å². The second kappa shape index (κ2) is 12.3.